The smallest absolute Gasteiger partial charge is 0.245 e. The Balaban J connectivity index is 1.70. The van der Waals surface area contributed by atoms with E-state index in [-0.39, 0.29) is 16.3 Å². The van der Waals surface area contributed by atoms with Crippen molar-refractivity contribution in [3.05, 3.63) is 40.5 Å². The molecule has 110 valence electrons. The van der Waals surface area contributed by atoms with Crippen LogP contribution in [0.15, 0.2) is 24.3 Å². The van der Waals surface area contributed by atoms with Gasteiger partial charge in [0.25, 0.3) is 0 Å². The summed E-state index contributed by atoms with van der Waals surface area (Å²) in [5.41, 5.74) is 1.00. The van der Waals surface area contributed by atoms with Gasteiger partial charge in [-0.05, 0) is 35.9 Å². The van der Waals surface area contributed by atoms with E-state index in [9.17, 15) is 4.39 Å². The maximum atomic E-state index is 12.9. The lowest BCUT2D eigenvalue weighted by atomic mass is 10.2. The summed E-state index contributed by atoms with van der Waals surface area (Å²) in [6.07, 6.45) is 0. The maximum Gasteiger partial charge on any atom is 0.245 e. The summed E-state index contributed by atoms with van der Waals surface area (Å²) in [7, 11) is 0. The first kappa shape index (κ1) is 14.3. The summed E-state index contributed by atoms with van der Waals surface area (Å²) in [6, 6.07) is 6.49. The monoisotopic (exact) mass is 327 g/mol. The topological polar surface area (TPSA) is 45.2 Å². The molecule has 0 unspecified atom stereocenters. The number of aromatic nitrogens is 3. The summed E-state index contributed by atoms with van der Waals surface area (Å²) < 4.78 is 12.9. The summed E-state index contributed by atoms with van der Waals surface area (Å²) in [5.74, 6) is 0.321. The summed E-state index contributed by atoms with van der Waals surface area (Å²) in [5, 5.41) is 7.69. The van der Waals surface area contributed by atoms with Crippen LogP contribution in [0.2, 0.25) is 10.4 Å². The van der Waals surface area contributed by atoms with E-state index in [1.54, 1.807) is 12.1 Å². The van der Waals surface area contributed by atoms with Crippen LogP contribution in [-0.2, 0) is 0 Å². The molecule has 0 radical (unpaired) electrons. The molecule has 0 spiro atoms. The van der Waals surface area contributed by atoms with Crippen LogP contribution in [0.5, 0.6) is 0 Å². The third-order valence-corrected chi connectivity index (χ3v) is 3.78. The number of piperazine rings is 1. The zero-order valence-corrected chi connectivity index (χ0v) is 12.5. The van der Waals surface area contributed by atoms with Gasteiger partial charge in [-0.15, -0.1) is 10.2 Å². The molecule has 2 heterocycles. The van der Waals surface area contributed by atoms with Crippen LogP contribution >= 0.6 is 23.2 Å². The molecule has 1 aromatic carbocycles. The highest BCUT2D eigenvalue weighted by molar-refractivity contribution is 6.32. The van der Waals surface area contributed by atoms with Crippen molar-refractivity contribution >= 4 is 34.7 Å². The largest absolute Gasteiger partial charge is 0.368 e. The van der Waals surface area contributed by atoms with Gasteiger partial charge in [0.15, 0.2) is 11.0 Å². The van der Waals surface area contributed by atoms with Crippen molar-refractivity contribution in [2.45, 2.75) is 0 Å². The normalized spacial score (nSPS) is 15.4. The standard InChI is InChI=1S/C13H12Cl2FN5/c14-11-12(17-13(15)19-18-11)21-7-5-20(6-8-21)10-3-1-9(16)2-4-10/h1-4H,5-8H2. The minimum absolute atomic E-state index is 0.0790. The fraction of sp³-hybridized carbons (Fsp3) is 0.308. The molecule has 1 fully saturated rings. The van der Waals surface area contributed by atoms with Gasteiger partial charge in [-0.1, -0.05) is 11.6 Å². The van der Waals surface area contributed by atoms with Crippen molar-refractivity contribution in [1.29, 1.82) is 0 Å². The van der Waals surface area contributed by atoms with Crippen LogP contribution in [0, 0.1) is 5.82 Å². The molecule has 0 aliphatic carbocycles. The van der Waals surface area contributed by atoms with Crippen molar-refractivity contribution in [3.63, 3.8) is 0 Å². The van der Waals surface area contributed by atoms with Gasteiger partial charge >= 0.3 is 0 Å². The molecular weight excluding hydrogens is 316 g/mol. The van der Waals surface area contributed by atoms with E-state index in [4.69, 9.17) is 23.2 Å². The number of hydrogen-bond acceptors (Lipinski definition) is 5. The van der Waals surface area contributed by atoms with Gasteiger partial charge in [0, 0.05) is 31.9 Å². The highest BCUT2D eigenvalue weighted by atomic mass is 35.5. The second-order valence-corrected chi connectivity index (χ2v) is 5.34. The second kappa shape index (κ2) is 5.99. The Labute approximate surface area is 131 Å². The van der Waals surface area contributed by atoms with Crippen LogP contribution in [0.1, 0.15) is 0 Å². The molecule has 0 amide bonds. The van der Waals surface area contributed by atoms with E-state index < -0.39 is 0 Å². The molecule has 1 aliphatic heterocycles. The lowest BCUT2D eigenvalue weighted by Gasteiger charge is -2.36. The Hall–Kier alpha value is -1.66. The van der Waals surface area contributed by atoms with Crippen LogP contribution in [0.4, 0.5) is 15.9 Å². The van der Waals surface area contributed by atoms with Gasteiger partial charge in [-0.3, -0.25) is 0 Å². The maximum absolute atomic E-state index is 12.9. The first-order valence-corrected chi connectivity index (χ1v) is 7.20. The Morgan fingerprint density at radius 1 is 0.905 bits per heavy atom. The highest BCUT2D eigenvalue weighted by Crippen LogP contribution is 2.24. The van der Waals surface area contributed by atoms with Crippen molar-refractivity contribution < 1.29 is 4.39 Å². The fourth-order valence-electron chi connectivity index (χ4n) is 2.32. The van der Waals surface area contributed by atoms with Crippen LogP contribution in [-0.4, -0.2) is 41.4 Å². The predicted octanol–water partition coefficient (Wildman–Crippen LogP) is 2.64. The molecule has 0 saturated carbocycles. The average Bonchev–Trinajstić information content (AvgIpc) is 2.51. The van der Waals surface area contributed by atoms with Crippen molar-refractivity contribution in [2.24, 2.45) is 0 Å². The lowest BCUT2D eigenvalue weighted by Crippen LogP contribution is -2.47. The molecule has 3 rings (SSSR count). The molecule has 1 aromatic heterocycles. The SMILES string of the molecule is Fc1ccc(N2CCN(c3nc(Cl)nnc3Cl)CC2)cc1. The lowest BCUT2D eigenvalue weighted by molar-refractivity contribution is 0.624. The minimum atomic E-state index is -0.231. The van der Waals surface area contributed by atoms with Crippen molar-refractivity contribution in [2.75, 3.05) is 36.0 Å². The first-order valence-electron chi connectivity index (χ1n) is 6.44. The Morgan fingerprint density at radius 3 is 2.19 bits per heavy atom. The molecule has 21 heavy (non-hydrogen) atoms. The van der Waals surface area contributed by atoms with E-state index >= 15 is 0 Å². The van der Waals surface area contributed by atoms with Gasteiger partial charge in [0.05, 0.1) is 0 Å². The second-order valence-electron chi connectivity index (χ2n) is 4.65. The number of benzene rings is 1. The first-order chi connectivity index (χ1) is 10.1. The predicted molar refractivity (Wildman–Crippen MR) is 80.7 cm³/mol. The Kier molecular flexibility index (Phi) is 4.07. The van der Waals surface area contributed by atoms with E-state index in [0.29, 0.717) is 5.82 Å². The van der Waals surface area contributed by atoms with Crippen molar-refractivity contribution in [3.8, 4) is 0 Å². The summed E-state index contributed by atoms with van der Waals surface area (Å²) >= 11 is 11.8. The third-order valence-electron chi connectivity index (χ3n) is 3.37. The average molecular weight is 328 g/mol. The van der Waals surface area contributed by atoms with Gasteiger partial charge in [0.1, 0.15) is 5.82 Å². The third kappa shape index (κ3) is 3.16. The van der Waals surface area contributed by atoms with Crippen LogP contribution < -0.4 is 9.80 Å². The highest BCUT2D eigenvalue weighted by Gasteiger charge is 2.21. The molecule has 0 atom stereocenters. The summed E-state index contributed by atoms with van der Waals surface area (Å²) in [6.45, 7) is 3.02. The molecule has 0 N–H and O–H groups in total. The molecule has 1 aliphatic rings. The van der Waals surface area contributed by atoms with Gasteiger partial charge in [-0.25, -0.2) is 4.39 Å². The van der Waals surface area contributed by atoms with Gasteiger partial charge in [-0.2, -0.15) is 4.98 Å². The van der Waals surface area contributed by atoms with Gasteiger partial charge < -0.3 is 9.80 Å². The molecule has 0 bridgehead atoms. The number of hydrogen-bond donors (Lipinski definition) is 0. The molecule has 5 nitrogen and oxygen atoms in total. The Morgan fingerprint density at radius 2 is 1.52 bits per heavy atom. The van der Waals surface area contributed by atoms with E-state index in [2.05, 4.69) is 20.1 Å². The van der Waals surface area contributed by atoms with E-state index in [1.807, 2.05) is 4.90 Å². The molecular formula is C13H12Cl2FN5. The van der Waals surface area contributed by atoms with Crippen molar-refractivity contribution in [1.82, 2.24) is 15.2 Å². The number of halogens is 3. The van der Waals surface area contributed by atoms with E-state index in [0.717, 1.165) is 31.9 Å². The van der Waals surface area contributed by atoms with E-state index in [1.165, 1.54) is 12.1 Å². The van der Waals surface area contributed by atoms with Crippen LogP contribution in [0.3, 0.4) is 0 Å². The Bertz CT molecular complexity index is 629. The molecule has 2 aromatic rings. The number of rotatable bonds is 2. The number of nitrogens with zero attached hydrogens (tertiary/aromatic N) is 5. The molecule has 8 heteroatoms. The van der Waals surface area contributed by atoms with Crippen LogP contribution in [0.25, 0.3) is 0 Å². The van der Waals surface area contributed by atoms with Gasteiger partial charge in [0.2, 0.25) is 5.28 Å². The zero-order valence-electron chi connectivity index (χ0n) is 11.0. The fourth-order valence-corrected chi connectivity index (χ4v) is 2.63. The quantitative estimate of drug-likeness (QED) is 0.848. The molecule has 1 saturated heterocycles. The zero-order chi connectivity index (χ0) is 14.8. The number of anilines is 2. The summed E-state index contributed by atoms with van der Waals surface area (Å²) in [4.78, 5) is 8.32. The minimum Gasteiger partial charge on any atom is -0.368 e.